The van der Waals surface area contributed by atoms with Gasteiger partial charge in [0.1, 0.15) is 11.5 Å². The Labute approximate surface area is 122 Å². The minimum Gasteiger partial charge on any atom is -0.494 e. The molecule has 0 unspecified atom stereocenters. The highest BCUT2D eigenvalue weighted by atomic mass is 16.5. The molecule has 0 aliphatic heterocycles. The van der Waals surface area contributed by atoms with E-state index in [-0.39, 0.29) is 0 Å². The largest absolute Gasteiger partial charge is 0.494 e. The normalized spacial score (nSPS) is 10.5. The second-order valence-corrected chi connectivity index (χ2v) is 4.95. The number of aliphatic hydroxyl groups excluding tert-OH is 1. The average Bonchev–Trinajstić information content (AvgIpc) is 2.47. The fourth-order valence-corrected chi connectivity index (χ4v) is 2.09. The van der Waals surface area contributed by atoms with Crippen LogP contribution >= 0.6 is 0 Å². The second kappa shape index (κ2) is 11.6. The molecule has 0 aliphatic carbocycles. The van der Waals surface area contributed by atoms with Crippen molar-refractivity contribution in [3.8, 4) is 11.5 Å². The van der Waals surface area contributed by atoms with Crippen LogP contribution in [0.5, 0.6) is 11.5 Å². The first-order valence-corrected chi connectivity index (χ1v) is 7.83. The van der Waals surface area contributed by atoms with Gasteiger partial charge in [0.15, 0.2) is 0 Å². The van der Waals surface area contributed by atoms with Crippen molar-refractivity contribution in [1.82, 2.24) is 0 Å². The maximum atomic E-state index is 8.67. The lowest BCUT2D eigenvalue weighted by atomic mass is 10.1. The Bertz CT molecular complexity index is 322. The Morgan fingerprint density at radius 2 is 1.25 bits per heavy atom. The van der Waals surface area contributed by atoms with Crippen LogP contribution in [0, 0.1) is 0 Å². The lowest BCUT2D eigenvalue weighted by molar-refractivity contribution is 0.281. The van der Waals surface area contributed by atoms with Gasteiger partial charge in [0.25, 0.3) is 0 Å². The summed E-state index contributed by atoms with van der Waals surface area (Å²) in [6, 6.07) is 7.81. The van der Waals surface area contributed by atoms with Gasteiger partial charge in [0.2, 0.25) is 0 Å². The van der Waals surface area contributed by atoms with Crippen LogP contribution in [0.4, 0.5) is 0 Å². The molecule has 0 atom stereocenters. The summed E-state index contributed by atoms with van der Waals surface area (Å²) in [5, 5.41) is 8.67. The number of hydrogen-bond acceptors (Lipinski definition) is 3. The summed E-state index contributed by atoms with van der Waals surface area (Å²) in [4.78, 5) is 0. The maximum absolute atomic E-state index is 8.67. The molecule has 20 heavy (non-hydrogen) atoms. The van der Waals surface area contributed by atoms with Gasteiger partial charge in [-0.05, 0) is 44.0 Å². The molecule has 1 aromatic carbocycles. The molecule has 0 spiro atoms. The molecule has 1 rings (SSSR count). The van der Waals surface area contributed by atoms with Crippen LogP contribution in [0.25, 0.3) is 0 Å². The van der Waals surface area contributed by atoms with Crippen molar-refractivity contribution >= 4 is 0 Å². The molecular formula is C17H28O3. The van der Waals surface area contributed by atoms with Crippen LogP contribution in [0.2, 0.25) is 0 Å². The molecule has 0 bridgehead atoms. The maximum Gasteiger partial charge on any atom is 0.119 e. The molecule has 114 valence electrons. The van der Waals surface area contributed by atoms with Crippen molar-refractivity contribution in [2.45, 2.75) is 51.9 Å². The summed E-state index contributed by atoms with van der Waals surface area (Å²) in [7, 11) is 0. The minimum absolute atomic E-state index is 0.329. The highest BCUT2D eigenvalue weighted by Gasteiger charge is 1.96. The van der Waals surface area contributed by atoms with E-state index >= 15 is 0 Å². The molecule has 0 aromatic heterocycles. The van der Waals surface area contributed by atoms with E-state index in [1.165, 1.54) is 25.7 Å². The Morgan fingerprint density at radius 1 is 0.750 bits per heavy atom. The molecule has 3 heteroatoms. The van der Waals surface area contributed by atoms with Crippen LogP contribution < -0.4 is 9.47 Å². The van der Waals surface area contributed by atoms with Gasteiger partial charge in [-0.2, -0.15) is 0 Å². The molecular weight excluding hydrogens is 252 g/mol. The fourth-order valence-electron chi connectivity index (χ4n) is 2.09. The van der Waals surface area contributed by atoms with Crippen molar-refractivity contribution in [2.24, 2.45) is 0 Å². The van der Waals surface area contributed by atoms with Gasteiger partial charge in [-0.25, -0.2) is 0 Å². The third kappa shape index (κ3) is 8.05. The van der Waals surface area contributed by atoms with E-state index in [1.807, 2.05) is 31.2 Å². The van der Waals surface area contributed by atoms with Crippen LogP contribution in [-0.4, -0.2) is 24.9 Å². The Balaban J connectivity index is 1.98. The predicted octanol–water partition coefficient (Wildman–Crippen LogP) is 4.19. The van der Waals surface area contributed by atoms with Gasteiger partial charge in [-0.15, -0.1) is 0 Å². The van der Waals surface area contributed by atoms with Crippen molar-refractivity contribution in [3.05, 3.63) is 24.3 Å². The monoisotopic (exact) mass is 280 g/mol. The molecule has 0 saturated carbocycles. The van der Waals surface area contributed by atoms with E-state index < -0.39 is 0 Å². The summed E-state index contributed by atoms with van der Waals surface area (Å²) in [6.45, 7) is 3.78. The van der Waals surface area contributed by atoms with Crippen LogP contribution in [0.15, 0.2) is 24.3 Å². The van der Waals surface area contributed by atoms with Gasteiger partial charge < -0.3 is 14.6 Å². The Morgan fingerprint density at radius 3 is 1.80 bits per heavy atom. The summed E-state index contributed by atoms with van der Waals surface area (Å²) < 4.78 is 11.1. The van der Waals surface area contributed by atoms with Gasteiger partial charge in [-0.1, -0.05) is 32.1 Å². The number of aliphatic hydroxyl groups is 1. The standard InChI is InChI=1S/C17H28O3/c1-2-19-16-10-12-17(13-11-16)20-15-9-7-5-3-4-6-8-14-18/h10-13,18H,2-9,14-15H2,1H3. The SMILES string of the molecule is CCOc1ccc(OCCCCCCCCCO)cc1. The number of ether oxygens (including phenoxy) is 2. The summed E-state index contributed by atoms with van der Waals surface area (Å²) in [5.74, 6) is 1.80. The summed E-state index contributed by atoms with van der Waals surface area (Å²) in [5.41, 5.74) is 0. The average molecular weight is 280 g/mol. The van der Waals surface area contributed by atoms with E-state index in [0.29, 0.717) is 13.2 Å². The second-order valence-electron chi connectivity index (χ2n) is 4.95. The lowest BCUT2D eigenvalue weighted by Gasteiger charge is -2.07. The first kappa shape index (κ1) is 16.8. The summed E-state index contributed by atoms with van der Waals surface area (Å²) >= 11 is 0. The zero-order valence-electron chi connectivity index (χ0n) is 12.6. The van der Waals surface area contributed by atoms with Crippen molar-refractivity contribution in [2.75, 3.05) is 19.8 Å². The molecule has 3 nitrogen and oxygen atoms in total. The third-order valence-corrected chi connectivity index (χ3v) is 3.21. The van der Waals surface area contributed by atoms with E-state index in [4.69, 9.17) is 14.6 Å². The van der Waals surface area contributed by atoms with Gasteiger partial charge >= 0.3 is 0 Å². The molecule has 1 N–H and O–H groups in total. The minimum atomic E-state index is 0.329. The van der Waals surface area contributed by atoms with Crippen molar-refractivity contribution < 1.29 is 14.6 Å². The van der Waals surface area contributed by atoms with E-state index in [1.54, 1.807) is 0 Å². The molecule has 1 aromatic rings. The third-order valence-electron chi connectivity index (χ3n) is 3.21. The molecule has 0 radical (unpaired) electrons. The predicted molar refractivity (Wildman–Crippen MR) is 82.5 cm³/mol. The first-order chi connectivity index (χ1) is 9.86. The molecule has 0 amide bonds. The number of rotatable bonds is 12. The molecule has 0 heterocycles. The smallest absolute Gasteiger partial charge is 0.119 e. The van der Waals surface area contributed by atoms with Gasteiger partial charge in [-0.3, -0.25) is 0 Å². The quantitative estimate of drug-likeness (QED) is 0.584. The number of hydrogen-bond donors (Lipinski definition) is 1. The zero-order valence-corrected chi connectivity index (χ0v) is 12.6. The van der Waals surface area contributed by atoms with Crippen LogP contribution in [0.1, 0.15) is 51.9 Å². The Kier molecular flexibility index (Phi) is 9.76. The molecule has 0 fully saturated rings. The molecule has 0 aliphatic rings. The molecule has 0 saturated heterocycles. The zero-order chi connectivity index (χ0) is 14.5. The van der Waals surface area contributed by atoms with E-state index in [9.17, 15) is 0 Å². The highest BCUT2D eigenvalue weighted by molar-refractivity contribution is 5.31. The topological polar surface area (TPSA) is 38.7 Å². The summed E-state index contributed by atoms with van der Waals surface area (Å²) in [6.07, 6.45) is 8.19. The highest BCUT2D eigenvalue weighted by Crippen LogP contribution is 2.18. The van der Waals surface area contributed by atoms with Crippen LogP contribution in [-0.2, 0) is 0 Å². The fraction of sp³-hybridized carbons (Fsp3) is 0.647. The van der Waals surface area contributed by atoms with Crippen molar-refractivity contribution in [1.29, 1.82) is 0 Å². The Hall–Kier alpha value is -1.22. The number of unbranched alkanes of at least 4 members (excludes halogenated alkanes) is 6. The lowest BCUT2D eigenvalue weighted by Crippen LogP contribution is -1.97. The van der Waals surface area contributed by atoms with E-state index in [2.05, 4.69) is 0 Å². The number of benzene rings is 1. The van der Waals surface area contributed by atoms with Crippen molar-refractivity contribution in [3.63, 3.8) is 0 Å². The van der Waals surface area contributed by atoms with Crippen LogP contribution in [0.3, 0.4) is 0 Å². The van der Waals surface area contributed by atoms with Gasteiger partial charge in [0, 0.05) is 6.61 Å². The first-order valence-electron chi connectivity index (χ1n) is 7.83. The van der Waals surface area contributed by atoms with Gasteiger partial charge in [0.05, 0.1) is 13.2 Å². The van der Waals surface area contributed by atoms with E-state index in [0.717, 1.165) is 37.4 Å².